The van der Waals surface area contributed by atoms with E-state index >= 15 is 0 Å². The van der Waals surface area contributed by atoms with Crippen LogP contribution in [0.2, 0.25) is 5.02 Å². The highest BCUT2D eigenvalue weighted by Gasteiger charge is 2.20. The van der Waals surface area contributed by atoms with Gasteiger partial charge in [0.25, 0.3) is 0 Å². The van der Waals surface area contributed by atoms with Crippen LogP contribution in [-0.2, 0) is 4.79 Å². The Morgan fingerprint density at radius 3 is 2.72 bits per heavy atom. The van der Waals surface area contributed by atoms with Gasteiger partial charge in [0.1, 0.15) is 5.82 Å². The van der Waals surface area contributed by atoms with E-state index < -0.39 is 11.7 Å². The first-order valence-corrected chi connectivity index (χ1v) is 6.29. The number of amides is 1. The Bertz CT molecular complexity index is 447. The Morgan fingerprint density at radius 1 is 1.56 bits per heavy atom. The number of anilines is 1. The fourth-order valence-electron chi connectivity index (χ4n) is 1.55. The fraction of sp³-hybridized carbons (Fsp3) is 0.333. The Balaban J connectivity index is 2.82. The molecule has 0 aliphatic rings. The highest BCUT2D eigenvalue weighted by Crippen LogP contribution is 2.19. The van der Waals surface area contributed by atoms with Gasteiger partial charge in [-0.3, -0.25) is 4.79 Å². The summed E-state index contributed by atoms with van der Waals surface area (Å²) in [5, 5.41) is 2.77. The van der Waals surface area contributed by atoms with Crippen LogP contribution in [0.3, 0.4) is 0 Å². The number of carbonyl (C=O) groups excluding carboxylic acids is 1. The van der Waals surface area contributed by atoms with Crippen molar-refractivity contribution >= 4 is 40.4 Å². The van der Waals surface area contributed by atoms with Crippen molar-refractivity contribution in [3.8, 4) is 0 Å². The van der Waals surface area contributed by atoms with E-state index in [4.69, 9.17) is 29.6 Å². The first-order valence-electron chi connectivity index (χ1n) is 5.50. The van der Waals surface area contributed by atoms with E-state index in [9.17, 15) is 9.18 Å². The molecule has 0 aromatic heterocycles. The van der Waals surface area contributed by atoms with Crippen LogP contribution < -0.4 is 11.1 Å². The minimum absolute atomic E-state index is 0.136. The first kappa shape index (κ1) is 14.9. The molecule has 3 N–H and O–H groups in total. The summed E-state index contributed by atoms with van der Waals surface area (Å²) in [6.45, 7) is 1.93. The first-order chi connectivity index (χ1) is 8.43. The lowest BCUT2D eigenvalue weighted by Crippen LogP contribution is -2.33. The summed E-state index contributed by atoms with van der Waals surface area (Å²) in [4.78, 5) is 12.1. The van der Waals surface area contributed by atoms with Crippen molar-refractivity contribution in [2.24, 2.45) is 11.7 Å². The summed E-state index contributed by atoms with van der Waals surface area (Å²) >= 11 is 10.5. The third-order valence-corrected chi connectivity index (χ3v) is 2.87. The third-order valence-electron chi connectivity index (χ3n) is 2.37. The molecule has 0 saturated carbocycles. The lowest BCUT2D eigenvalue weighted by molar-refractivity contribution is -0.118. The molecular weight excluding hydrogens is 275 g/mol. The second-order valence-corrected chi connectivity index (χ2v) is 4.80. The topological polar surface area (TPSA) is 55.1 Å². The van der Waals surface area contributed by atoms with Gasteiger partial charge in [0, 0.05) is 10.7 Å². The fourth-order valence-corrected chi connectivity index (χ4v) is 1.99. The predicted molar refractivity (Wildman–Crippen MR) is 75.2 cm³/mol. The van der Waals surface area contributed by atoms with Crippen molar-refractivity contribution in [1.29, 1.82) is 0 Å². The molecule has 1 rings (SSSR count). The molecule has 0 aliphatic carbocycles. The monoisotopic (exact) mass is 288 g/mol. The number of benzene rings is 1. The number of hydrogen-bond acceptors (Lipinski definition) is 2. The number of halogens is 2. The van der Waals surface area contributed by atoms with Gasteiger partial charge in [-0.1, -0.05) is 37.2 Å². The smallest absolute Gasteiger partial charge is 0.234 e. The van der Waals surface area contributed by atoms with Crippen LogP contribution in [0.5, 0.6) is 0 Å². The number of nitrogens with one attached hydrogen (secondary N) is 1. The van der Waals surface area contributed by atoms with Crippen LogP contribution in [0.15, 0.2) is 18.2 Å². The van der Waals surface area contributed by atoms with Crippen molar-refractivity contribution in [1.82, 2.24) is 0 Å². The summed E-state index contributed by atoms with van der Waals surface area (Å²) in [5.74, 6) is -1.40. The highest BCUT2D eigenvalue weighted by molar-refractivity contribution is 7.80. The standard InChI is InChI=1S/C12H14ClFN2OS/c1-2-3-10(11(15)18)12(17)16-9-5-7(13)4-8(14)6-9/h4-6,10H,2-3H2,1H3,(H2,15,18)(H,16,17). The highest BCUT2D eigenvalue weighted by atomic mass is 35.5. The Kier molecular flexibility index (Phi) is 5.50. The van der Waals surface area contributed by atoms with Gasteiger partial charge < -0.3 is 11.1 Å². The number of carbonyl (C=O) groups is 1. The van der Waals surface area contributed by atoms with E-state index in [-0.39, 0.29) is 15.9 Å². The average Bonchev–Trinajstić information content (AvgIpc) is 2.23. The molecule has 6 heteroatoms. The van der Waals surface area contributed by atoms with Crippen LogP contribution in [0.25, 0.3) is 0 Å². The molecule has 18 heavy (non-hydrogen) atoms. The molecule has 0 bridgehead atoms. The molecule has 0 radical (unpaired) electrons. The number of hydrogen-bond donors (Lipinski definition) is 2. The van der Waals surface area contributed by atoms with E-state index in [0.29, 0.717) is 12.1 Å². The summed E-state index contributed by atoms with van der Waals surface area (Å²) in [6.07, 6.45) is 1.34. The summed E-state index contributed by atoms with van der Waals surface area (Å²) in [7, 11) is 0. The maximum Gasteiger partial charge on any atom is 0.234 e. The molecule has 1 aromatic carbocycles. The van der Waals surface area contributed by atoms with Gasteiger partial charge in [0.2, 0.25) is 5.91 Å². The normalized spacial score (nSPS) is 11.9. The van der Waals surface area contributed by atoms with E-state index in [1.165, 1.54) is 12.1 Å². The number of thiocarbonyl (C=S) groups is 1. The summed E-state index contributed by atoms with van der Waals surface area (Å²) in [6, 6.07) is 3.81. The second-order valence-electron chi connectivity index (χ2n) is 3.89. The molecule has 1 unspecified atom stereocenters. The molecule has 98 valence electrons. The molecule has 0 saturated heterocycles. The third kappa shape index (κ3) is 4.23. The second kappa shape index (κ2) is 6.66. The maximum atomic E-state index is 13.1. The molecule has 0 fully saturated rings. The van der Waals surface area contributed by atoms with Gasteiger partial charge in [0.15, 0.2) is 0 Å². The van der Waals surface area contributed by atoms with Crippen LogP contribution in [0.1, 0.15) is 19.8 Å². The zero-order valence-corrected chi connectivity index (χ0v) is 11.4. The van der Waals surface area contributed by atoms with Crippen LogP contribution in [0, 0.1) is 11.7 Å². The quantitative estimate of drug-likeness (QED) is 0.819. The molecule has 1 atom stereocenters. The van der Waals surface area contributed by atoms with Gasteiger partial charge in [-0.05, 0) is 24.6 Å². The van der Waals surface area contributed by atoms with Gasteiger partial charge >= 0.3 is 0 Å². The Hall–Kier alpha value is -1.20. The lowest BCUT2D eigenvalue weighted by Gasteiger charge is -2.14. The van der Waals surface area contributed by atoms with Crippen molar-refractivity contribution < 1.29 is 9.18 Å². The van der Waals surface area contributed by atoms with Gasteiger partial charge in [0.05, 0.1) is 10.9 Å². The van der Waals surface area contributed by atoms with Crippen molar-refractivity contribution in [2.45, 2.75) is 19.8 Å². The van der Waals surface area contributed by atoms with Crippen molar-refractivity contribution in [3.63, 3.8) is 0 Å². The van der Waals surface area contributed by atoms with E-state index in [2.05, 4.69) is 5.32 Å². The molecule has 0 spiro atoms. The minimum Gasteiger partial charge on any atom is -0.393 e. The molecular formula is C12H14ClFN2OS. The van der Waals surface area contributed by atoms with E-state index in [1.807, 2.05) is 6.92 Å². The van der Waals surface area contributed by atoms with Gasteiger partial charge in [-0.25, -0.2) is 4.39 Å². The molecule has 0 heterocycles. The van der Waals surface area contributed by atoms with Crippen molar-refractivity contribution in [3.05, 3.63) is 29.0 Å². The van der Waals surface area contributed by atoms with Crippen molar-refractivity contribution in [2.75, 3.05) is 5.32 Å². The largest absolute Gasteiger partial charge is 0.393 e. The summed E-state index contributed by atoms with van der Waals surface area (Å²) < 4.78 is 13.1. The number of nitrogens with two attached hydrogens (primary N) is 1. The molecule has 1 aromatic rings. The summed E-state index contributed by atoms with van der Waals surface area (Å²) in [5.41, 5.74) is 5.80. The molecule has 0 aliphatic heterocycles. The number of rotatable bonds is 5. The van der Waals surface area contributed by atoms with Crippen LogP contribution in [0.4, 0.5) is 10.1 Å². The van der Waals surface area contributed by atoms with Crippen LogP contribution >= 0.6 is 23.8 Å². The van der Waals surface area contributed by atoms with Gasteiger partial charge in [-0.15, -0.1) is 0 Å². The van der Waals surface area contributed by atoms with Crippen LogP contribution in [-0.4, -0.2) is 10.9 Å². The van der Waals surface area contributed by atoms with E-state index in [0.717, 1.165) is 12.5 Å². The zero-order chi connectivity index (χ0) is 13.7. The Morgan fingerprint density at radius 2 is 2.22 bits per heavy atom. The lowest BCUT2D eigenvalue weighted by atomic mass is 10.0. The average molecular weight is 289 g/mol. The van der Waals surface area contributed by atoms with Gasteiger partial charge in [-0.2, -0.15) is 0 Å². The zero-order valence-electron chi connectivity index (χ0n) is 9.87. The molecule has 3 nitrogen and oxygen atoms in total. The minimum atomic E-state index is -0.549. The predicted octanol–water partition coefficient (Wildman–Crippen LogP) is 3.12. The van der Waals surface area contributed by atoms with E-state index in [1.54, 1.807) is 0 Å². The molecule has 1 amide bonds. The maximum absolute atomic E-state index is 13.1. The Labute approximate surface area is 115 Å². The SMILES string of the molecule is CCCC(C(=O)Nc1cc(F)cc(Cl)c1)C(N)=S.